The first-order chi connectivity index (χ1) is 7.04. The van der Waals surface area contributed by atoms with Crippen LogP contribution in [-0.4, -0.2) is 5.54 Å². The summed E-state index contributed by atoms with van der Waals surface area (Å²) in [6.45, 7) is 4.83. The number of hydrogen-bond donors (Lipinski definition) is 1. The molecule has 0 aromatic heterocycles. The van der Waals surface area contributed by atoms with Gasteiger partial charge in [-0.05, 0) is 61.7 Å². The maximum absolute atomic E-state index is 6.66. The molecule has 0 aromatic carbocycles. The SMILES string of the molecule is CC1(C)CCC(C2(N)C3CCCC32)CC1. The molecule has 0 amide bonds. The summed E-state index contributed by atoms with van der Waals surface area (Å²) in [5.41, 5.74) is 7.55. The molecular weight excluding hydrogens is 182 g/mol. The monoisotopic (exact) mass is 207 g/mol. The highest BCUT2D eigenvalue weighted by atomic mass is 14.9. The molecule has 0 heterocycles. The lowest BCUT2D eigenvalue weighted by atomic mass is 9.69. The molecule has 15 heavy (non-hydrogen) atoms. The Kier molecular flexibility index (Phi) is 2.03. The van der Waals surface area contributed by atoms with Gasteiger partial charge in [-0.1, -0.05) is 20.3 Å². The van der Waals surface area contributed by atoms with Gasteiger partial charge in [0.2, 0.25) is 0 Å². The lowest BCUT2D eigenvalue weighted by Gasteiger charge is -2.38. The van der Waals surface area contributed by atoms with Crippen molar-refractivity contribution in [3.8, 4) is 0 Å². The van der Waals surface area contributed by atoms with Crippen LogP contribution in [0.1, 0.15) is 58.8 Å². The van der Waals surface area contributed by atoms with E-state index in [1.807, 2.05) is 0 Å². The Morgan fingerprint density at radius 1 is 0.933 bits per heavy atom. The minimum atomic E-state index is 0.300. The predicted octanol–water partition coefficient (Wildman–Crippen LogP) is 3.33. The summed E-state index contributed by atoms with van der Waals surface area (Å²) in [5, 5.41) is 0. The number of hydrogen-bond acceptors (Lipinski definition) is 1. The fourth-order valence-electron chi connectivity index (χ4n) is 4.55. The molecule has 3 saturated carbocycles. The molecule has 2 atom stereocenters. The van der Waals surface area contributed by atoms with E-state index in [9.17, 15) is 0 Å². The third-order valence-corrected chi connectivity index (χ3v) is 5.74. The highest BCUT2D eigenvalue weighted by Gasteiger charge is 2.66. The predicted molar refractivity (Wildman–Crippen MR) is 63.5 cm³/mol. The molecule has 3 rings (SSSR count). The number of nitrogens with two attached hydrogens (primary N) is 1. The van der Waals surface area contributed by atoms with E-state index in [0.717, 1.165) is 17.8 Å². The van der Waals surface area contributed by atoms with Gasteiger partial charge in [0.05, 0.1) is 0 Å². The van der Waals surface area contributed by atoms with Crippen LogP contribution >= 0.6 is 0 Å². The zero-order chi connectivity index (χ0) is 10.7. The number of fused-ring (bicyclic) bond motifs is 1. The van der Waals surface area contributed by atoms with Crippen LogP contribution in [0.3, 0.4) is 0 Å². The van der Waals surface area contributed by atoms with Gasteiger partial charge in [-0.25, -0.2) is 0 Å². The van der Waals surface area contributed by atoms with Crippen molar-refractivity contribution in [2.24, 2.45) is 28.9 Å². The molecule has 0 saturated heterocycles. The van der Waals surface area contributed by atoms with Crippen molar-refractivity contribution >= 4 is 0 Å². The average molecular weight is 207 g/mol. The standard InChI is InChI=1S/C14H25N/c1-13(2)8-6-10(7-9-13)14(15)11-4-3-5-12(11)14/h10-12H,3-9,15H2,1-2H3. The van der Waals surface area contributed by atoms with Crippen LogP contribution in [0, 0.1) is 23.2 Å². The van der Waals surface area contributed by atoms with Gasteiger partial charge in [0.1, 0.15) is 0 Å². The van der Waals surface area contributed by atoms with Crippen LogP contribution in [-0.2, 0) is 0 Å². The van der Waals surface area contributed by atoms with Crippen molar-refractivity contribution in [3.05, 3.63) is 0 Å². The van der Waals surface area contributed by atoms with Gasteiger partial charge in [-0.2, -0.15) is 0 Å². The van der Waals surface area contributed by atoms with E-state index in [1.165, 1.54) is 44.9 Å². The molecule has 2 N–H and O–H groups in total. The summed E-state index contributed by atoms with van der Waals surface area (Å²) in [4.78, 5) is 0. The van der Waals surface area contributed by atoms with Gasteiger partial charge in [0, 0.05) is 5.54 Å². The molecule has 3 fully saturated rings. The Morgan fingerprint density at radius 2 is 1.47 bits per heavy atom. The van der Waals surface area contributed by atoms with Gasteiger partial charge >= 0.3 is 0 Å². The molecule has 86 valence electrons. The first-order valence-corrected chi connectivity index (χ1v) is 6.83. The molecule has 1 nitrogen and oxygen atoms in total. The first kappa shape index (κ1) is 10.1. The molecule has 0 aliphatic heterocycles. The summed E-state index contributed by atoms with van der Waals surface area (Å²) in [7, 11) is 0. The zero-order valence-corrected chi connectivity index (χ0v) is 10.3. The Labute approximate surface area is 93.8 Å². The minimum absolute atomic E-state index is 0.300. The fraction of sp³-hybridized carbons (Fsp3) is 1.00. The molecule has 0 radical (unpaired) electrons. The van der Waals surface area contributed by atoms with E-state index in [4.69, 9.17) is 5.73 Å². The molecule has 1 heteroatoms. The molecular formula is C14H25N. The van der Waals surface area contributed by atoms with E-state index in [2.05, 4.69) is 13.8 Å². The lowest BCUT2D eigenvalue weighted by molar-refractivity contribution is 0.153. The van der Waals surface area contributed by atoms with E-state index >= 15 is 0 Å². The second-order valence-corrected chi connectivity index (χ2v) is 7.08. The minimum Gasteiger partial charge on any atom is -0.324 e. The van der Waals surface area contributed by atoms with Crippen LogP contribution in [0.4, 0.5) is 0 Å². The third kappa shape index (κ3) is 1.39. The van der Waals surface area contributed by atoms with Crippen LogP contribution in [0.5, 0.6) is 0 Å². The van der Waals surface area contributed by atoms with Gasteiger partial charge in [0.15, 0.2) is 0 Å². The molecule has 0 bridgehead atoms. The maximum Gasteiger partial charge on any atom is 0.0246 e. The highest BCUT2D eigenvalue weighted by Crippen LogP contribution is 2.65. The quantitative estimate of drug-likeness (QED) is 0.701. The third-order valence-electron chi connectivity index (χ3n) is 5.74. The first-order valence-electron chi connectivity index (χ1n) is 6.83. The summed E-state index contributed by atoms with van der Waals surface area (Å²) in [6.07, 6.45) is 9.91. The average Bonchev–Trinajstić information content (AvgIpc) is 2.63. The van der Waals surface area contributed by atoms with Crippen molar-refractivity contribution < 1.29 is 0 Å². The fourth-order valence-corrected chi connectivity index (χ4v) is 4.55. The Morgan fingerprint density at radius 3 is 2.00 bits per heavy atom. The van der Waals surface area contributed by atoms with Crippen LogP contribution in [0.15, 0.2) is 0 Å². The van der Waals surface area contributed by atoms with Crippen LogP contribution in [0.25, 0.3) is 0 Å². The number of rotatable bonds is 1. The van der Waals surface area contributed by atoms with E-state index < -0.39 is 0 Å². The second-order valence-electron chi connectivity index (χ2n) is 7.08. The van der Waals surface area contributed by atoms with E-state index in [-0.39, 0.29) is 0 Å². The van der Waals surface area contributed by atoms with Crippen molar-refractivity contribution in [3.63, 3.8) is 0 Å². The van der Waals surface area contributed by atoms with Crippen molar-refractivity contribution in [1.82, 2.24) is 0 Å². The largest absolute Gasteiger partial charge is 0.324 e. The topological polar surface area (TPSA) is 26.0 Å². The van der Waals surface area contributed by atoms with Gasteiger partial charge in [-0.3, -0.25) is 0 Å². The van der Waals surface area contributed by atoms with Gasteiger partial charge < -0.3 is 5.73 Å². The van der Waals surface area contributed by atoms with E-state index in [1.54, 1.807) is 0 Å². The Balaban J connectivity index is 1.66. The van der Waals surface area contributed by atoms with Crippen LogP contribution in [0.2, 0.25) is 0 Å². The second kappa shape index (κ2) is 3.00. The Hall–Kier alpha value is -0.0400. The summed E-state index contributed by atoms with van der Waals surface area (Å²) in [5.74, 6) is 2.70. The summed E-state index contributed by atoms with van der Waals surface area (Å²) in [6, 6.07) is 0. The summed E-state index contributed by atoms with van der Waals surface area (Å²) >= 11 is 0. The van der Waals surface area contributed by atoms with Crippen molar-refractivity contribution in [1.29, 1.82) is 0 Å². The van der Waals surface area contributed by atoms with Gasteiger partial charge in [0.25, 0.3) is 0 Å². The smallest absolute Gasteiger partial charge is 0.0246 e. The molecule has 0 spiro atoms. The molecule has 3 aliphatic carbocycles. The summed E-state index contributed by atoms with van der Waals surface area (Å²) < 4.78 is 0. The Bertz CT molecular complexity index is 249. The molecule has 2 unspecified atom stereocenters. The van der Waals surface area contributed by atoms with Crippen molar-refractivity contribution in [2.45, 2.75) is 64.3 Å². The van der Waals surface area contributed by atoms with Crippen molar-refractivity contribution in [2.75, 3.05) is 0 Å². The molecule has 0 aromatic rings. The van der Waals surface area contributed by atoms with E-state index in [0.29, 0.717) is 11.0 Å². The molecule has 3 aliphatic rings. The lowest BCUT2D eigenvalue weighted by Crippen LogP contribution is -2.40. The highest BCUT2D eigenvalue weighted by molar-refractivity contribution is 5.21. The van der Waals surface area contributed by atoms with Crippen LogP contribution < -0.4 is 5.73 Å². The van der Waals surface area contributed by atoms with Gasteiger partial charge in [-0.15, -0.1) is 0 Å². The maximum atomic E-state index is 6.66. The normalized spacial score (nSPS) is 49.0. The zero-order valence-electron chi connectivity index (χ0n) is 10.3.